The van der Waals surface area contributed by atoms with Crippen molar-refractivity contribution in [3.8, 4) is 0 Å². The van der Waals surface area contributed by atoms with Crippen molar-refractivity contribution in [2.45, 2.75) is 6.92 Å². The first kappa shape index (κ1) is 15.6. The van der Waals surface area contributed by atoms with Crippen molar-refractivity contribution in [3.63, 3.8) is 0 Å². The lowest BCUT2D eigenvalue weighted by molar-refractivity contribution is -0.114. The minimum Gasteiger partial charge on any atom is -0.324 e. The van der Waals surface area contributed by atoms with E-state index in [1.54, 1.807) is 12.1 Å². The first-order valence-corrected chi connectivity index (χ1v) is 7.31. The van der Waals surface area contributed by atoms with Crippen molar-refractivity contribution in [2.24, 2.45) is 0 Å². The monoisotopic (exact) mass is 374 g/mol. The van der Waals surface area contributed by atoms with Gasteiger partial charge < -0.3 is 10.6 Å². The van der Waals surface area contributed by atoms with E-state index in [2.05, 4.69) is 26.6 Å². The SMILES string of the molecule is CC(=O)Nc1cc(F)c(F)cc1NC(=O)c1ccc(Br)s1. The zero-order valence-electron chi connectivity index (χ0n) is 10.7. The lowest BCUT2D eigenvalue weighted by Crippen LogP contribution is -2.15. The van der Waals surface area contributed by atoms with E-state index in [0.717, 1.165) is 15.9 Å². The molecule has 1 heterocycles. The van der Waals surface area contributed by atoms with Gasteiger partial charge >= 0.3 is 0 Å². The molecule has 0 aliphatic carbocycles. The number of carbonyl (C=O) groups is 2. The topological polar surface area (TPSA) is 58.2 Å². The van der Waals surface area contributed by atoms with Gasteiger partial charge in [-0.1, -0.05) is 0 Å². The van der Waals surface area contributed by atoms with E-state index in [1.165, 1.54) is 18.3 Å². The Morgan fingerprint density at radius 2 is 1.67 bits per heavy atom. The first-order valence-electron chi connectivity index (χ1n) is 5.70. The van der Waals surface area contributed by atoms with Crippen LogP contribution >= 0.6 is 27.3 Å². The number of nitrogens with one attached hydrogen (secondary N) is 2. The molecule has 8 heteroatoms. The van der Waals surface area contributed by atoms with Crippen LogP contribution in [0.1, 0.15) is 16.6 Å². The molecule has 4 nitrogen and oxygen atoms in total. The van der Waals surface area contributed by atoms with Crippen molar-refractivity contribution in [3.05, 3.63) is 44.6 Å². The fourth-order valence-corrected chi connectivity index (χ4v) is 2.84. The van der Waals surface area contributed by atoms with Gasteiger partial charge in [-0.3, -0.25) is 9.59 Å². The summed E-state index contributed by atoms with van der Waals surface area (Å²) in [5.74, 6) is -3.18. The normalized spacial score (nSPS) is 10.3. The third-order valence-electron chi connectivity index (χ3n) is 2.42. The van der Waals surface area contributed by atoms with Gasteiger partial charge in [-0.25, -0.2) is 8.78 Å². The molecule has 0 spiro atoms. The van der Waals surface area contributed by atoms with Gasteiger partial charge in [-0.15, -0.1) is 11.3 Å². The van der Waals surface area contributed by atoms with Crippen molar-refractivity contribution in [1.82, 2.24) is 0 Å². The van der Waals surface area contributed by atoms with Crippen molar-refractivity contribution >= 4 is 50.5 Å². The number of amides is 2. The van der Waals surface area contributed by atoms with Crippen LogP contribution in [0.25, 0.3) is 0 Å². The maximum atomic E-state index is 13.3. The predicted octanol–water partition coefficient (Wildman–Crippen LogP) is 4.00. The number of rotatable bonds is 3. The molecule has 0 unspecified atom stereocenters. The summed E-state index contributed by atoms with van der Waals surface area (Å²) in [7, 11) is 0. The zero-order chi connectivity index (χ0) is 15.6. The van der Waals surface area contributed by atoms with Gasteiger partial charge in [0.25, 0.3) is 5.91 Å². The molecule has 2 rings (SSSR count). The summed E-state index contributed by atoms with van der Waals surface area (Å²) in [5, 5.41) is 4.78. The highest BCUT2D eigenvalue weighted by atomic mass is 79.9. The zero-order valence-corrected chi connectivity index (χ0v) is 13.1. The molecule has 0 saturated carbocycles. The quantitative estimate of drug-likeness (QED) is 0.852. The molecule has 2 N–H and O–H groups in total. The standard InChI is InChI=1S/C13H9BrF2N2O2S/c1-6(19)17-9-4-7(15)8(16)5-10(9)18-13(20)11-2-3-12(14)21-11/h2-5H,1H3,(H,17,19)(H,18,20). The van der Waals surface area contributed by atoms with Gasteiger partial charge in [-0.2, -0.15) is 0 Å². The molecule has 0 aliphatic heterocycles. The second-order valence-corrected chi connectivity index (χ2v) is 6.51. The van der Waals surface area contributed by atoms with Crippen molar-refractivity contribution in [2.75, 3.05) is 10.6 Å². The number of thiophene rings is 1. The van der Waals surface area contributed by atoms with Gasteiger partial charge in [0.05, 0.1) is 20.0 Å². The summed E-state index contributed by atoms with van der Waals surface area (Å²) in [6.45, 7) is 1.23. The van der Waals surface area contributed by atoms with Gasteiger partial charge in [0, 0.05) is 19.1 Å². The molecule has 0 aliphatic rings. The molecule has 1 aromatic carbocycles. The van der Waals surface area contributed by atoms with E-state index in [0.29, 0.717) is 4.88 Å². The van der Waals surface area contributed by atoms with Gasteiger partial charge in [0.1, 0.15) is 0 Å². The Kier molecular flexibility index (Phi) is 4.69. The van der Waals surface area contributed by atoms with Crippen LogP contribution in [0.2, 0.25) is 0 Å². The number of hydrogen-bond acceptors (Lipinski definition) is 3. The Labute approximate surface area is 131 Å². The maximum Gasteiger partial charge on any atom is 0.265 e. The highest BCUT2D eigenvalue weighted by Gasteiger charge is 2.15. The van der Waals surface area contributed by atoms with Crippen LogP contribution in [0.4, 0.5) is 20.2 Å². The lowest BCUT2D eigenvalue weighted by Gasteiger charge is -2.11. The molecule has 21 heavy (non-hydrogen) atoms. The average molecular weight is 375 g/mol. The molecular formula is C13H9BrF2N2O2S. The van der Waals surface area contributed by atoms with E-state index in [4.69, 9.17) is 0 Å². The number of halogens is 3. The second-order valence-electron chi connectivity index (χ2n) is 4.05. The second kappa shape index (κ2) is 6.31. The Balaban J connectivity index is 2.31. The number of anilines is 2. The molecule has 0 bridgehead atoms. The summed E-state index contributed by atoms with van der Waals surface area (Å²) in [5.41, 5.74) is -0.0241. The van der Waals surface area contributed by atoms with Gasteiger partial charge in [0.2, 0.25) is 5.91 Å². The van der Waals surface area contributed by atoms with Crippen LogP contribution < -0.4 is 10.6 Å². The smallest absolute Gasteiger partial charge is 0.265 e. The molecule has 110 valence electrons. The average Bonchev–Trinajstić information content (AvgIpc) is 2.81. The summed E-state index contributed by atoms with van der Waals surface area (Å²) in [6.07, 6.45) is 0. The minimum absolute atomic E-state index is 0.00891. The third kappa shape index (κ3) is 3.85. The maximum absolute atomic E-state index is 13.3. The van der Waals surface area contributed by atoms with Crippen molar-refractivity contribution < 1.29 is 18.4 Å². The molecule has 2 aromatic rings. The number of hydrogen-bond donors (Lipinski definition) is 2. The minimum atomic E-state index is -1.12. The van der Waals surface area contributed by atoms with Gasteiger partial charge in [-0.05, 0) is 28.1 Å². The summed E-state index contributed by atoms with van der Waals surface area (Å²) in [4.78, 5) is 23.5. The van der Waals surface area contributed by atoms with Crippen LogP contribution in [0.3, 0.4) is 0 Å². The van der Waals surface area contributed by atoms with Crippen LogP contribution in [-0.2, 0) is 4.79 Å². The van der Waals surface area contributed by atoms with E-state index in [1.807, 2.05) is 0 Å². The molecule has 0 radical (unpaired) electrons. The Bertz CT molecular complexity index is 718. The summed E-state index contributed by atoms with van der Waals surface area (Å²) in [6, 6.07) is 4.92. The Hall–Kier alpha value is -1.80. The summed E-state index contributed by atoms with van der Waals surface area (Å²) >= 11 is 4.42. The number of carbonyl (C=O) groups excluding carboxylic acids is 2. The van der Waals surface area contributed by atoms with Crippen molar-refractivity contribution in [1.29, 1.82) is 0 Å². The van der Waals surface area contributed by atoms with Crippen LogP contribution in [-0.4, -0.2) is 11.8 Å². The predicted molar refractivity (Wildman–Crippen MR) is 80.6 cm³/mol. The molecule has 2 amide bonds. The highest BCUT2D eigenvalue weighted by molar-refractivity contribution is 9.11. The molecule has 0 fully saturated rings. The van der Waals surface area contributed by atoms with Gasteiger partial charge in [0.15, 0.2) is 11.6 Å². The van der Waals surface area contributed by atoms with Crippen LogP contribution in [0.5, 0.6) is 0 Å². The van der Waals surface area contributed by atoms with E-state index < -0.39 is 23.4 Å². The van der Waals surface area contributed by atoms with E-state index >= 15 is 0 Å². The fraction of sp³-hybridized carbons (Fsp3) is 0.0769. The molecule has 0 saturated heterocycles. The van der Waals surface area contributed by atoms with E-state index in [9.17, 15) is 18.4 Å². The molecule has 0 atom stereocenters. The first-order chi connectivity index (χ1) is 9.86. The van der Waals surface area contributed by atoms with Crippen LogP contribution in [0.15, 0.2) is 28.1 Å². The fourth-order valence-electron chi connectivity index (χ4n) is 1.56. The van der Waals surface area contributed by atoms with Crippen LogP contribution in [0, 0.1) is 11.6 Å². The molecule has 1 aromatic heterocycles. The Morgan fingerprint density at radius 1 is 1.10 bits per heavy atom. The van der Waals surface area contributed by atoms with E-state index in [-0.39, 0.29) is 11.4 Å². The highest BCUT2D eigenvalue weighted by Crippen LogP contribution is 2.27. The lowest BCUT2D eigenvalue weighted by atomic mass is 10.2. The summed E-state index contributed by atoms with van der Waals surface area (Å²) < 4.78 is 27.3. The number of benzene rings is 1. The Morgan fingerprint density at radius 3 is 2.14 bits per heavy atom. The third-order valence-corrected chi connectivity index (χ3v) is 4.04. The largest absolute Gasteiger partial charge is 0.324 e. The molecular weight excluding hydrogens is 366 g/mol.